The molecular formula is C13H13N3O2. The van der Waals surface area contributed by atoms with Crippen molar-refractivity contribution in [3.63, 3.8) is 0 Å². The molecule has 2 heterocycles. The predicted octanol–water partition coefficient (Wildman–Crippen LogP) is 1.67. The molecule has 2 N–H and O–H groups in total. The number of aromatic hydroxyl groups is 1. The monoisotopic (exact) mass is 243 g/mol. The molecule has 5 heteroatoms. The molecule has 0 aliphatic heterocycles. The van der Waals surface area contributed by atoms with Crippen molar-refractivity contribution in [2.45, 2.75) is 13.0 Å². The lowest BCUT2D eigenvalue weighted by Gasteiger charge is -2.13. The number of hydrogen-bond acceptors (Lipinski definition) is 4. The molecule has 2 aromatic heterocycles. The van der Waals surface area contributed by atoms with Gasteiger partial charge in [0.15, 0.2) is 0 Å². The first-order valence-corrected chi connectivity index (χ1v) is 5.51. The number of rotatable bonds is 3. The third-order valence-corrected chi connectivity index (χ3v) is 2.54. The Balaban J connectivity index is 2.08. The van der Waals surface area contributed by atoms with Gasteiger partial charge in [0.25, 0.3) is 5.91 Å². The van der Waals surface area contributed by atoms with Gasteiger partial charge in [0, 0.05) is 18.6 Å². The van der Waals surface area contributed by atoms with Crippen LogP contribution in [0.1, 0.15) is 28.9 Å². The van der Waals surface area contributed by atoms with Gasteiger partial charge < -0.3 is 10.4 Å². The standard InChI is InChI=1S/C13H13N3O2/c1-9(10-2-4-14-5-3-10)16-13(18)11-6-12(17)8-15-7-11/h2-9,17H,1H3,(H,16,18). The fourth-order valence-corrected chi connectivity index (χ4v) is 1.57. The van der Waals surface area contributed by atoms with Crippen molar-refractivity contribution < 1.29 is 9.90 Å². The molecule has 0 aromatic carbocycles. The van der Waals surface area contributed by atoms with E-state index in [-0.39, 0.29) is 17.7 Å². The van der Waals surface area contributed by atoms with Crippen LogP contribution in [0.25, 0.3) is 0 Å². The molecule has 0 aliphatic rings. The quantitative estimate of drug-likeness (QED) is 0.859. The molecule has 1 unspecified atom stereocenters. The molecular weight excluding hydrogens is 230 g/mol. The van der Waals surface area contributed by atoms with Gasteiger partial charge in [-0.3, -0.25) is 14.8 Å². The lowest BCUT2D eigenvalue weighted by Crippen LogP contribution is -2.26. The fraction of sp³-hybridized carbons (Fsp3) is 0.154. The van der Waals surface area contributed by atoms with Crippen LogP contribution in [0.15, 0.2) is 43.0 Å². The Morgan fingerprint density at radius 2 is 2.00 bits per heavy atom. The number of aromatic nitrogens is 2. The second-order valence-electron chi connectivity index (χ2n) is 3.91. The summed E-state index contributed by atoms with van der Waals surface area (Å²) in [6, 6.07) is 4.92. The van der Waals surface area contributed by atoms with Crippen LogP contribution in [-0.4, -0.2) is 21.0 Å². The van der Waals surface area contributed by atoms with Gasteiger partial charge in [-0.15, -0.1) is 0 Å². The number of hydrogen-bond donors (Lipinski definition) is 2. The summed E-state index contributed by atoms with van der Waals surface area (Å²) in [7, 11) is 0. The number of carbonyl (C=O) groups excluding carboxylic acids is 1. The topological polar surface area (TPSA) is 75.1 Å². The molecule has 0 saturated heterocycles. The molecule has 2 rings (SSSR count). The molecule has 0 saturated carbocycles. The normalized spacial score (nSPS) is 11.8. The van der Waals surface area contributed by atoms with Crippen LogP contribution < -0.4 is 5.32 Å². The smallest absolute Gasteiger partial charge is 0.253 e. The summed E-state index contributed by atoms with van der Waals surface area (Å²) >= 11 is 0. The van der Waals surface area contributed by atoms with Crippen LogP contribution in [0, 0.1) is 0 Å². The van der Waals surface area contributed by atoms with E-state index < -0.39 is 0 Å². The second-order valence-corrected chi connectivity index (χ2v) is 3.91. The zero-order chi connectivity index (χ0) is 13.0. The van der Waals surface area contributed by atoms with Gasteiger partial charge in [-0.25, -0.2) is 0 Å². The van der Waals surface area contributed by atoms with Gasteiger partial charge in [0.05, 0.1) is 17.8 Å². The zero-order valence-corrected chi connectivity index (χ0v) is 9.87. The van der Waals surface area contributed by atoms with E-state index in [1.165, 1.54) is 18.5 Å². The highest BCUT2D eigenvalue weighted by Gasteiger charge is 2.11. The number of pyridine rings is 2. The van der Waals surface area contributed by atoms with Crippen molar-refractivity contribution >= 4 is 5.91 Å². The third-order valence-electron chi connectivity index (χ3n) is 2.54. The first kappa shape index (κ1) is 12.0. The molecule has 0 bridgehead atoms. The van der Waals surface area contributed by atoms with Gasteiger partial charge in [-0.2, -0.15) is 0 Å². The van der Waals surface area contributed by atoms with Crippen LogP contribution in [0.4, 0.5) is 0 Å². The SMILES string of the molecule is CC(NC(=O)c1cncc(O)c1)c1ccncc1. The van der Waals surface area contributed by atoms with E-state index in [9.17, 15) is 9.90 Å². The Labute approximate surface area is 105 Å². The minimum Gasteiger partial charge on any atom is -0.506 e. The van der Waals surface area contributed by atoms with Crippen LogP contribution in [0.3, 0.4) is 0 Å². The summed E-state index contributed by atoms with van der Waals surface area (Å²) in [5, 5.41) is 12.1. The van der Waals surface area contributed by atoms with E-state index in [0.717, 1.165) is 5.56 Å². The van der Waals surface area contributed by atoms with Crippen LogP contribution in [0.2, 0.25) is 0 Å². The number of carbonyl (C=O) groups is 1. The maximum atomic E-state index is 11.9. The molecule has 5 nitrogen and oxygen atoms in total. The molecule has 2 aromatic rings. The number of nitrogens with one attached hydrogen (secondary N) is 1. The lowest BCUT2D eigenvalue weighted by atomic mass is 10.1. The van der Waals surface area contributed by atoms with E-state index in [1.54, 1.807) is 12.4 Å². The van der Waals surface area contributed by atoms with Crippen LogP contribution in [0.5, 0.6) is 5.75 Å². The summed E-state index contributed by atoms with van der Waals surface area (Å²) in [4.78, 5) is 19.6. The summed E-state index contributed by atoms with van der Waals surface area (Å²) in [6.45, 7) is 1.88. The van der Waals surface area contributed by atoms with E-state index in [1.807, 2.05) is 19.1 Å². The van der Waals surface area contributed by atoms with E-state index in [2.05, 4.69) is 15.3 Å². The molecule has 0 spiro atoms. The Hall–Kier alpha value is -2.43. The van der Waals surface area contributed by atoms with Gasteiger partial charge in [-0.1, -0.05) is 0 Å². The molecule has 0 fully saturated rings. The lowest BCUT2D eigenvalue weighted by molar-refractivity contribution is 0.0939. The summed E-state index contributed by atoms with van der Waals surface area (Å²) in [6.07, 6.45) is 6.04. The van der Waals surface area contributed by atoms with Crippen molar-refractivity contribution in [2.75, 3.05) is 0 Å². The Kier molecular flexibility index (Phi) is 3.52. The van der Waals surface area contributed by atoms with Crippen LogP contribution in [-0.2, 0) is 0 Å². The van der Waals surface area contributed by atoms with Gasteiger partial charge in [0.1, 0.15) is 5.75 Å². The Morgan fingerprint density at radius 3 is 2.67 bits per heavy atom. The number of nitrogens with zero attached hydrogens (tertiary/aromatic N) is 2. The van der Waals surface area contributed by atoms with Gasteiger partial charge in [-0.05, 0) is 30.7 Å². The minimum atomic E-state index is -0.275. The maximum Gasteiger partial charge on any atom is 0.253 e. The van der Waals surface area contributed by atoms with Gasteiger partial charge in [0.2, 0.25) is 0 Å². The summed E-state index contributed by atoms with van der Waals surface area (Å²) in [5.74, 6) is -0.304. The van der Waals surface area contributed by atoms with Crippen molar-refractivity contribution in [1.82, 2.24) is 15.3 Å². The summed E-state index contributed by atoms with van der Waals surface area (Å²) in [5.41, 5.74) is 1.29. The first-order valence-electron chi connectivity index (χ1n) is 5.51. The highest BCUT2D eigenvalue weighted by Crippen LogP contribution is 2.13. The van der Waals surface area contributed by atoms with E-state index >= 15 is 0 Å². The predicted molar refractivity (Wildman–Crippen MR) is 66.0 cm³/mol. The molecule has 92 valence electrons. The Morgan fingerprint density at radius 1 is 1.28 bits per heavy atom. The maximum absolute atomic E-state index is 11.9. The van der Waals surface area contributed by atoms with Crippen molar-refractivity contribution in [3.8, 4) is 5.75 Å². The second kappa shape index (κ2) is 5.27. The van der Waals surface area contributed by atoms with E-state index in [0.29, 0.717) is 5.56 Å². The number of amides is 1. The molecule has 0 radical (unpaired) electrons. The third kappa shape index (κ3) is 2.82. The molecule has 1 amide bonds. The zero-order valence-electron chi connectivity index (χ0n) is 9.87. The van der Waals surface area contributed by atoms with Crippen LogP contribution >= 0.6 is 0 Å². The van der Waals surface area contributed by atoms with Crippen molar-refractivity contribution in [1.29, 1.82) is 0 Å². The minimum absolute atomic E-state index is 0.0285. The van der Waals surface area contributed by atoms with Gasteiger partial charge >= 0.3 is 0 Å². The fourth-order valence-electron chi connectivity index (χ4n) is 1.57. The highest BCUT2D eigenvalue weighted by atomic mass is 16.3. The first-order chi connectivity index (χ1) is 8.66. The largest absolute Gasteiger partial charge is 0.506 e. The highest BCUT2D eigenvalue weighted by molar-refractivity contribution is 5.94. The van der Waals surface area contributed by atoms with Crippen molar-refractivity contribution in [3.05, 3.63) is 54.1 Å². The van der Waals surface area contributed by atoms with E-state index in [4.69, 9.17) is 0 Å². The molecule has 0 aliphatic carbocycles. The summed E-state index contributed by atoms with van der Waals surface area (Å²) < 4.78 is 0. The van der Waals surface area contributed by atoms with Crippen molar-refractivity contribution in [2.24, 2.45) is 0 Å². The molecule has 1 atom stereocenters. The Bertz CT molecular complexity index is 543. The average molecular weight is 243 g/mol. The average Bonchev–Trinajstić information content (AvgIpc) is 2.39. The molecule has 18 heavy (non-hydrogen) atoms.